The van der Waals surface area contributed by atoms with Crippen LogP contribution < -0.4 is 20.9 Å². The second-order valence-electron chi connectivity index (χ2n) is 6.34. The van der Waals surface area contributed by atoms with Crippen molar-refractivity contribution in [3.8, 4) is 0 Å². The van der Waals surface area contributed by atoms with E-state index < -0.39 is 0 Å². The van der Waals surface area contributed by atoms with Crippen molar-refractivity contribution in [2.75, 3.05) is 34.9 Å². The summed E-state index contributed by atoms with van der Waals surface area (Å²) in [6.07, 6.45) is 1.70. The van der Waals surface area contributed by atoms with E-state index in [0.717, 1.165) is 22.6 Å². The van der Waals surface area contributed by atoms with Crippen LogP contribution >= 0.6 is 0 Å². The van der Waals surface area contributed by atoms with Gasteiger partial charge >= 0.3 is 6.03 Å². The van der Waals surface area contributed by atoms with E-state index in [1.165, 1.54) is 0 Å². The van der Waals surface area contributed by atoms with E-state index >= 15 is 0 Å². The second kappa shape index (κ2) is 8.18. The standard InChI is InChI=1S/C20H22N6O/c1-14-5-4-6-17(11-14)24-20(27)23-16-9-7-15(8-10-16)22-19-12-18(26(2)3)13-21-25-19/h4-13H,1-3H3,(H,22,25)(H2,23,24,27). The molecule has 1 heterocycles. The molecule has 0 saturated carbocycles. The SMILES string of the molecule is Cc1cccc(NC(=O)Nc2ccc(Nc3cc(N(C)C)cnn3)cc2)c1. The number of hydrogen-bond acceptors (Lipinski definition) is 5. The smallest absolute Gasteiger partial charge is 0.323 e. The Kier molecular flexibility index (Phi) is 5.51. The zero-order valence-electron chi connectivity index (χ0n) is 15.5. The molecular weight excluding hydrogens is 340 g/mol. The maximum atomic E-state index is 12.1. The highest BCUT2D eigenvalue weighted by atomic mass is 16.2. The maximum absolute atomic E-state index is 12.1. The molecule has 3 aromatic rings. The first kappa shape index (κ1) is 18.2. The first-order valence-corrected chi connectivity index (χ1v) is 8.51. The van der Waals surface area contributed by atoms with Gasteiger partial charge in [0.05, 0.1) is 11.9 Å². The molecule has 0 aliphatic rings. The summed E-state index contributed by atoms with van der Waals surface area (Å²) < 4.78 is 0. The number of aromatic nitrogens is 2. The van der Waals surface area contributed by atoms with E-state index in [1.54, 1.807) is 6.20 Å². The molecule has 0 spiro atoms. The fraction of sp³-hybridized carbons (Fsp3) is 0.150. The number of benzene rings is 2. The Hall–Kier alpha value is -3.61. The zero-order chi connectivity index (χ0) is 19.2. The fourth-order valence-corrected chi connectivity index (χ4v) is 2.46. The number of rotatable bonds is 5. The molecule has 27 heavy (non-hydrogen) atoms. The van der Waals surface area contributed by atoms with Crippen LogP contribution in [0, 0.1) is 6.92 Å². The van der Waals surface area contributed by atoms with Gasteiger partial charge in [-0.3, -0.25) is 0 Å². The Morgan fingerprint density at radius 2 is 1.63 bits per heavy atom. The summed E-state index contributed by atoms with van der Waals surface area (Å²) in [4.78, 5) is 14.1. The van der Waals surface area contributed by atoms with Gasteiger partial charge in [0.1, 0.15) is 0 Å². The Morgan fingerprint density at radius 3 is 2.33 bits per heavy atom. The van der Waals surface area contributed by atoms with E-state index in [2.05, 4.69) is 26.1 Å². The van der Waals surface area contributed by atoms with E-state index in [9.17, 15) is 4.79 Å². The van der Waals surface area contributed by atoms with Gasteiger partial charge in [-0.1, -0.05) is 12.1 Å². The molecule has 2 amide bonds. The van der Waals surface area contributed by atoms with Gasteiger partial charge in [-0.15, -0.1) is 5.10 Å². The third-order valence-electron chi connectivity index (χ3n) is 3.85. The molecule has 1 aromatic heterocycles. The molecule has 0 atom stereocenters. The lowest BCUT2D eigenvalue weighted by molar-refractivity contribution is 0.262. The molecule has 0 fully saturated rings. The number of anilines is 5. The lowest BCUT2D eigenvalue weighted by Gasteiger charge is -2.13. The van der Waals surface area contributed by atoms with Crippen LogP contribution in [0.3, 0.4) is 0 Å². The molecule has 0 aliphatic heterocycles. The monoisotopic (exact) mass is 362 g/mol. The summed E-state index contributed by atoms with van der Waals surface area (Å²) in [7, 11) is 3.89. The molecule has 2 aromatic carbocycles. The summed E-state index contributed by atoms with van der Waals surface area (Å²) in [5, 5.41) is 16.9. The summed E-state index contributed by atoms with van der Waals surface area (Å²) in [5.41, 5.74) is 4.34. The Morgan fingerprint density at radius 1 is 0.926 bits per heavy atom. The van der Waals surface area contributed by atoms with Crippen molar-refractivity contribution < 1.29 is 4.79 Å². The summed E-state index contributed by atoms with van der Waals surface area (Å²) >= 11 is 0. The van der Waals surface area contributed by atoms with Crippen molar-refractivity contribution in [2.45, 2.75) is 6.92 Å². The first-order valence-electron chi connectivity index (χ1n) is 8.51. The van der Waals surface area contributed by atoms with Gasteiger partial charge in [-0.2, -0.15) is 5.10 Å². The minimum atomic E-state index is -0.286. The van der Waals surface area contributed by atoms with Gasteiger partial charge in [-0.25, -0.2) is 4.79 Å². The van der Waals surface area contributed by atoms with Gasteiger partial charge in [0.25, 0.3) is 0 Å². The average Bonchev–Trinajstić information content (AvgIpc) is 2.63. The minimum Gasteiger partial charge on any atom is -0.376 e. The quantitative estimate of drug-likeness (QED) is 0.632. The lowest BCUT2D eigenvalue weighted by atomic mass is 10.2. The molecule has 0 saturated heterocycles. The second-order valence-corrected chi connectivity index (χ2v) is 6.34. The molecule has 3 rings (SSSR count). The summed E-state index contributed by atoms with van der Waals surface area (Å²) in [6.45, 7) is 1.98. The number of urea groups is 1. The van der Waals surface area contributed by atoms with Crippen LogP contribution in [-0.4, -0.2) is 30.3 Å². The van der Waals surface area contributed by atoms with Crippen molar-refractivity contribution in [3.05, 3.63) is 66.4 Å². The van der Waals surface area contributed by atoms with Crippen molar-refractivity contribution in [1.29, 1.82) is 0 Å². The van der Waals surface area contributed by atoms with Gasteiger partial charge in [-0.05, 0) is 48.9 Å². The van der Waals surface area contributed by atoms with E-state index in [-0.39, 0.29) is 6.03 Å². The molecular formula is C20H22N6O. The van der Waals surface area contributed by atoms with Crippen molar-refractivity contribution in [1.82, 2.24) is 10.2 Å². The highest BCUT2D eigenvalue weighted by Gasteiger charge is 2.04. The average molecular weight is 362 g/mol. The fourth-order valence-electron chi connectivity index (χ4n) is 2.46. The first-order chi connectivity index (χ1) is 13.0. The zero-order valence-corrected chi connectivity index (χ0v) is 15.5. The van der Waals surface area contributed by atoms with E-state index in [0.29, 0.717) is 11.5 Å². The van der Waals surface area contributed by atoms with Crippen LogP contribution in [0.5, 0.6) is 0 Å². The topological polar surface area (TPSA) is 82.2 Å². The third-order valence-corrected chi connectivity index (χ3v) is 3.85. The van der Waals surface area contributed by atoms with Gasteiger partial charge in [0.15, 0.2) is 5.82 Å². The van der Waals surface area contributed by atoms with Gasteiger partial charge in [0, 0.05) is 37.2 Å². The van der Waals surface area contributed by atoms with Crippen molar-refractivity contribution in [3.63, 3.8) is 0 Å². The summed E-state index contributed by atoms with van der Waals surface area (Å²) in [5.74, 6) is 0.652. The number of carbonyl (C=O) groups is 1. The predicted molar refractivity (Wildman–Crippen MR) is 110 cm³/mol. The Labute approximate surface area is 158 Å². The third kappa shape index (κ3) is 5.18. The van der Waals surface area contributed by atoms with Crippen molar-refractivity contribution in [2.24, 2.45) is 0 Å². The number of nitrogens with zero attached hydrogens (tertiary/aromatic N) is 3. The van der Waals surface area contributed by atoms with Gasteiger partial charge in [0.2, 0.25) is 0 Å². The number of aryl methyl sites for hydroxylation is 1. The maximum Gasteiger partial charge on any atom is 0.323 e. The molecule has 138 valence electrons. The summed E-state index contributed by atoms with van der Waals surface area (Å²) in [6, 6.07) is 16.6. The minimum absolute atomic E-state index is 0.286. The molecule has 0 aliphatic carbocycles. The number of amides is 2. The van der Waals surface area contributed by atoms with Crippen LogP contribution in [0.4, 0.5) is 33.4 Å². The number of hydrogen-bond donors (Lipinski definition) is 3. The van der Waals surface area contributed by atoms with Crippen LogP contribution in [0.1, 0.15) is 5.56 Å². The van der Waals surface area contributed by atoms with Crippen LogP contribution in [-0.2, 0) is 0 Å². The van der Waals surface area contributed by atoms with E-state index in [1.807, 2.05) is 80.5 Å². The van der Waals surface area contributed by atoms with Crippen LogP contribution in [0.2, 0.25) is 0 Å². The van der Waals surface area contributed by atoms with Crippen molar-refractivity contribution >= 4 is 34.6 Å². The number of nitrogens with one attached hydrogen (secondary N) is 3. The molecule has 7 nitrogen and oxygen atoms in total. The predicted octanol–water partition coefficient (Wildman–Crippen LogP) is 4.24. The molecule has 7 heteroatoms. The Balaban J connectivity index is 1.60. The normalized spacial score (nSPS) is 10.2. The molecule has 3 N–H and O–H groups in total. The molecule has 0 unspecified atom stereocenters. The highest BCUT2D eigenvalue weighted by Crippen LogP contribution is 2.20. The van der Waals surface area contributed by atoms with Crippen LogP contribution in [0.15, 0.2) is 60.8 Å². The highest BCUT2D eigenvalue weighted by molar-refractivity contribution is 5.99. The van der Waals surface area contributed by atoms with Gasteiger partial charge < -0.3 is 20.9 Å². The molecule has 0 bridgehead atoms. The lowest BCUT2D eigenvalue weighted by Crippen LogP contribution is -2.19. The number of carbonyl (C=O) groups excluding carboxylic acids is 1. The molecule has 0 radical (unpaired) electrons. The van der Waals surface area contributed by atoms with E-state index in [4.69, 9.17) is 0 Å². The largest absolute Gasteiger partial charge is 0.376 e. The van der Waals surface area contributed by atoms with Crippen LogP contribution in [0.25, 0.3) is 0 Å². The Bertz CT molecular complexity index is 924.